The fraction of sp³-hybridized carbons (Fsp3) is 0. The van der Waals surface area contributed by atoms with Crippen LogP contribution in [0, 0.1) is 0 Å². The van der Waals surface area contributed by atoms with Gasteiger partial charge < -0.3 is 9.32 Å². The Labute approximate surface area is 287 Å². The van der Waals surface area contributed by atoms with Crippen LogP contribution in [0.2, 0.25) is 0 Å². The Hall–Kier alpha value is -6.16. The number of fused-ring (bicyclic) bond motifs is 7. The van der Waals surface area contributed by atoms with Gasteiger partial charge in [0.05, 0.1) is 10.4 Å². The first-order valence-electron chi connectivity index (χ1n) is 16.6. The van der Waals surface area contributed by atoms with Crippen molar-refractivity contribution in [3.8, 4) is 22.3 Å². The zero-order valence-electron chi connectivity index (χ0n) is 26.5. The Balaban J connectivity index is 1.17. The summed E-state index contributed by atoms with van der Waals surface area (Å²) < 4.78 is 8.80. The maximum atomic E-state index is 6.24. The van der Waals surface area contributed by atoms with E-state index >= 15 is 0 Å². The van der Waals surface area contributed by atoms with Crippen molar-refractivity contribution in [1.29, 1.82) is 0 Å². The van der Waals surface area contributed by atoms with E-state index in [1.165, 1.54) is 53.2 Å². The number of benzene rings is 8. The van der Waals surface area contributed by atoms with Gasteiger partial charge in [0.15, 0.2) is 0 Å². The van der Waals surface area contributed by atoms with Gasteiger partial charge in [0.1, 0.15) is 11.2 Å². The van der Waals surface area contributed by atoms with Crippen LogP contribution in [-0.4, -0.2) is 0 Å². The first-order valence-corrected chi connectivity index (χ1v) is 17.4. The Morgan fingerprint density at radius 1 is 0.408 bits per heavy atom. The molecule has 0 aliphatic rings. The zero-order valence-corrected chi connectivity index (χ0v) is 27.3. The molecule has 0 bridgehead atoms. The predicted octanol–water partition coefficient (Wildman–Crippen LogP) is 13.9. The van der Waals surface area contributed by atoms with Gasteiger partial charge in [-0.1, -0.05) is 121 Å². The van der Waals surface area contributed by atoms with Gasteiger partial charge in [0, 0.05) is 37.6 Å². The minimum absolute atomic E-state index is 0.893. The van der Waals surface area contributed by atoms with E-state index in [2.05, 4.69) is 169 Å². The maximum absolute atomic E-state index is 6.24. The van der Waals surface area contributed by atoms with E-state index < -0.39 is 0 Å². The molecule has 0 aliphatic carbocycles. The molecule has 230 valence electrons. The summed E-state index contributed by atoms with van der Waals surface area (Å²) in [6.45, 7) is 0. The van der Waals surface area contributed by atoms with Crippen LogP contribution in [0.1, 0.15) is 0 Å². The van der Waals surface area contributed by atoms with Gasteiger partial charge in [-0.2, -0.15) is 0 Å². The molecule has 10 aromatic rings. The Morgan fingerprint density at radius 3 is 2.00 bits per heavy atom. The highest BCUT2D eigenvalue weighted by Crippen LogP contribution is 2.46. The highest BCUT2D eigenvalue weighted by atomic mass is 32.1. The Bertz CT molecular complexity index is 2850. The summed E-state index contributed by atoms with van der Waals surface area (Å²) in [5.74, 6) is 0. The molecule has 0 N–H and O–H groups in total. The number of hydrogen-bond acceptors (Lipinski definition) is 3. The van der Waals surface area contributed by atoms with Crippen molar-refractivity contribution in [2.45, 2.75) is 0 Å². The first-order chi connectivity index (χ1) is 24.3. The largest absolute Gasteiger partial charge is 0.456 e. The molecular weight excluding hydrogens is 615 g/mol. The van der Waals surface area contributed by atoms with Crippen LogP contribution in [0.25, 0.3) is 75.1 Å². The first kappa shape index (κ1) is 27.9. The molecule has 0 saturated heterocycles. The second kappa shape index (κ2) is 11.2. The normalized spacial score (nSPS) is 11.7. The predicted molar refractivity (Wildman–Crippen MR) is 210 cm³/mol. The summed E-state index contributed by atoms with van der Waals surface area (Å²) in [6, 6.07) is 63.3. The highest BCUT2D eigenvalue weighted by Gasteiger charge is 2.20. The number of nitrogens with zero attached hydrogens (tertiary/aromatic N) is 1. The average molecular weight is 644 g/mol. The van der Waals surface area contributed by atoms with E-state index in [1.807, 2.05) is 23.5 Å². The summed E-state index contributed by atoms with van der Waals surface area (Å²) in [4.78, 5) is 2.41. The third-order valence-corrected chi connectivity index (χ3v) is 10.9. The molecule has 10 rings (SSSR count). The van der Waals surface area contributed by atoms with E-state index in [0.29, 0.717) is 0 Å². The van der Waals surface area contributed by atoms with Gasteiger partial charge in [0.2, 0.25) is 0 Å². The number of anilines is 3. The lowest BCUT2D eigenvalue weighted by atomic mass is 9.95. The summed E-state index contributed by atoms with van der Waals surface area (Å²) in [6.07, 6.45) is 0. The van der Waals surface area contributed by atoms with Crippen LogP contribution in [0.4, 0.5) is 17.1 Å². The maximum Gasteiger partial charge on any atom is 0.135 e. The van der Waals surface area contributed by atoms with Crippen molar-refractivity contribution < 1.29 is 4.42 Å². The third kappa shape index (κ3) is 4.62. The van der Waals surface area contributed by atoms with Crippen molar-refractivity contribution in [3.63, 3.8) is 0 Å². The minimum atomic E-state index is 0.893. The molecule has 49 heavy (non-hydrogen) atoms. The molecule has 0 unspecified atom stereocenters. The van der Waals surface area contributed by atoms with Crippen molar-refractivity contribution in [1.82, 2.24) is 0 Å². The van der Waals surface area contributed by atoms with Crippen LogP contribution in [0.3, 0.4) is 0 Å². The fourth-order valence-electron chi connectivity index (χ4n) is 7.36. The quantitative estimate of drug-likeness (QED) is 0.186. The number of para-hydroxylation sites is 1. The van der Waals surface area contributed by atoms with Gasteiger partial charge in [-0.15, -0.1) is 11.3 Å². The molecule has 0 saturated carbocycles. The lowest BCUT2D eigenvalue weighted by Gasteiger charge is -2.26. The molecule has 0 spiro atoms. The summed E-state index contributed by atoms with van der Waals surface area (Å²) in [5.41, 5.74) is 9.96. The molecule has 0 aliphatic heterocycles. The molecule has 8 aromatic carbocycles. The molecule has 0 atom stereocenters. The summed E-state index contributed by atoms with van der Waals surface area (Å²) in [7, 11) is 0. The van der Waals surface area contributed by atoms with Crippen molar-refractivity contribution in [2.24, 2.45) is 0 Å². The van der Waals surface area contributed by atoms with E-state index in [9.17, 15) is 0 Å². The molecule has 3 heteroatoms. The third-order valence-electron chi connectivity index (χ3n) is 9.64. The van der Waals surface area contributed by atoms with E-state index in [4.69, 9.17) is 4.42 Å². The van der Waals surface area contributed by atoms with E-state index in [0.717, 1.165) is 39.0 Å². The lowest BCUT2D eigenvalue weighted by Crippen LogP contribution is -2.10. The van der Waals surface area contributed by atoms with Gasteiger partial charge >= 0.3 is 0 Å². The number of furan rings is 1. The number of hydrogen-bond donors (Lipinski definition) is 0. The van der Waals surface area contributed by atoms with Crippen LogP contribution >= 0.6 is 11.3 Å². The standard InChI is InChI=1S/C46H29NOS/c1-2-17-36-30(11-1)12-9-20-37(36)33-15-7-13-31(27-33)32-14-8-16-34(28-32)47(35-25-26-44-41(29-35)38-18-3-5-23-43(38)48-44)42-22-10-21-40-39-19-4-6-24-45(39)49-46(40)42/h1-29H. The second-order valence-electron chi connectivity index (χ2n) is 12.5. The number of thiophene rings is 1. The topological polar surface area (TPSA) is 16.4 Å². The van der Waals surface area contributed by atoms with Crippen LogP contribution < -0.4 is 4.90 Å². The Kier molecular flexibility index (Phi) is 6.39. The average Bonchev–Trinajstić information content (AvgIpc) is 3.74. The molecule has 2 heterocycles. The second-order valence-corrected chi connectivity index (χ2v) is 13.6. The Morgan fingerprint density at radius 2 is 1.06 bits per heavy atom. The van der Waals surface area contributed by atoms with Gasteiger partial charge in [0.25, 0.3) is 0 Å². The molecule has 0 amide bonds. The van der Waals surface area contributed by atoms with E-state index in [1.54, 1.807) is 0 Å². The van der Waals surface area contributed by atoms with Crippen LogP contribution in [0.15, 0.2) is 180 Å². The molecule has 0 fully saturated rings. The van der Waals surface area contributed by atoms with Crippen molar-refractivity contribution in [2.75, 3.05) is 4.90 Å². The van der Waals surface area contributed by atoms with Crippen LogP contribution in [-0.2, 0) is 0 Å². The van der Waals surface area contributed by atoms with Crippen LogP contribution in [0.5, 0.6) is 0 Å². The monoisotopic (exact) mass is 643 g/mol. The zero-order chi connectivity index (χ0) is 32.3. The van der Waals surface area contributed by atoms with Gasteiger partial charge in [-0.25, -0.2) is 0 Å². The highest BCUT2D eigenvalue weighted by molar-refractivity contribution is 7.26. The van der Waals surface area contributed by atoms with Gasteiger partial charge in [-0.05, 0) is 87.6 Å². The minimum Gasteiger partial charge on any atom is -0.456 e. The fourth-order valence-corrected chi connectivity index (χ4v) is 8.56. The summed E-state index contributed by atoms with van der Waals surface area (Å²) in [5, 5.41) is 7.32. The van der Waals surface area contributed by atoms with Crippen molar-refractivity contribution >= 4 is 81.3 Å². The van der Waals surface area contributed by atoms with Crippen molar-refractivity contribution in [3.05, 3.63) is 176 Å². The van der Waals surface area contributed by atoms with Gasteiger partial charge in [-0.3, -0.25) is 0 Å². The molecule has 0 radical (unpaired) electrons. The molecular formula is C46H29NOS. The smallest absolute Gasteiger partial charge is 0.135 e. The number of rotatable bonds is 5. The molecule has 2 aromatic heterocycles. The molecule has 2 nitrogen and oxygen atoms in total. The lowest BCUT2D eigenvalue weighted by molar-refractivity contribution is 0.669. The van der Waals surface area contributed by atoms with E-state index in [-0.39, 0.29) is 0 Å². The SMILES string of the molecule is c1cc(-c2cccc(N(c3ccc4oc5ccccc5c4c3)c3cccc4c3sc3ccccc34)c2)cc(-c2cccc3ccccc23)c1. The summed E-state index contributed by atoms with van der Waals surface area (Å²) >= 11 is 1.85.